The van der Waals surface area contributed by atoms with Crippen molar-refractivity contribution >= 4 is 39.9 Å². The van der Waals surface area contributed by atoms with Gasteiger partial charge in [0.1, 0.15) is 5.69 Å². The molecule has 0 saturated carbocycles. The van der Waals surface area contributed by atoms with Crippen molar-refractivity contribution in [2.24, 2.45) is 0 Å². The molecule has 0 saturated heterocycles. The number of nitrogens with zero attached hydrogens (tertiary/aromatic N) is 3. The second kappa shape index (κ2) is 6.44. The van der Waals surface area contributed by atoms with Crippen LogP contribution < -0.4 is 5.32 Å². The van der Waals surface area contributed by atoms with Crippen molar-refractivity contribution in [2.75, 3.05) is 5.32 Å². The monoisotopic (exact) mass is 410 g/mol. The number of rotatable bonds is 4. The van der Waals surface area contributed by atoms with E-state index in [0.717, 1.165) is 20.6 Å². The van der Waals surface area contributed by atoms with E-state index in [-0.39, 0.29) is 0 Å². The normalized spacial score (nSPS) is 10.6. The minimum absolute atomic E-state index is 0.577. The summed E-state index contributed by atoms with van der Waals surface area (Å²) in [5.74, 6) is 0. The molecule has 2 aromatic carbocycles. The number of hydrogen-bond acceptors (Lipinski definition) is 3. The van der Waals surface area contributed by atoms with Gasteiger partial charge in [0, 0.05) is 3.57 Å². The van der Waals surface area contributed by atoms with Crippen LogP contribution in [0.4, 0.5) is 5.69 Å². The number of benzene rings is 2. The van der Waals surface area contributed by atoms with Gasteiger partial charge in [0.05, 0.1) is 29.1 Å². The Labute approximate surface area is 141 Å². The van der Waals surface area contributed by atoms with Gasteiger partial charge in [0.15, 0.2) is 0 Å². The maximum absolute atomic E-state index is 6.19. The van der Waals surface area contributed by atoms with E-state index in [0.29, 0.717) is 11.6 Å². The van der Waals surface area contributed by atoms with E-state index in [4.69, 9.17) is 11.6 Å². The molecule has 0 atom stereocenters. The Bertz CT molecular complexity index is 742. The first kappa shape index (κ1) is 14.3. The molecule has 1 N–H and O–H groups in total. The molecule has 0 fully saturated rings. The second-order valence-corrected chi connectivity index (χ2v) is 6.09. The molecule has 106 valence electrons. The Morgan fingerprint density at radius 3 is 2.71 bits per heavy atom. The first-order chi connectivity index (χ1) is 10.2. The number of aromatic nitrogens is 3. The van der Waals surface area contributed by atoms with Gasteiger partial charge in [-0.15, -0.1) is 0 Å². The third-order valence-electron chi connectivity index (χ3n) is 2.92. The largest absolute Gasteiger partial charge is 0.378 e. The molecule has 0 aliphatic rings. The summed E-state index contributed by atoms with van der Waals surface area (Å²) >= 11 is 8.42. The Morgan fingerprint density at radius 2 is 1.95 bits per heavy atom. The van der Waals surface area contributed by atoms with Crippen LogP contribution in [0.2, 0.25) is 5.02 Å². The maximum Gasteiger partial charge on any atom is 0.102 e. The van der Waals surface area contributed by atoms with Crippen LogP contribution in [0, 0.1) is 3.57 Å². The lowest BCUT2D eigenvalue weighted by Gasteiger charge is -2.06. The van der Waals surface area contributed by atoms with Crippen LogP contribution in [0.15, 0.2) is 54.7 Å². The zero-order valence-electron chi connectivity index (χ0n) is 11.0. The van der Waals surface area contributed by atoms with Crippen molar-refractivity contribution in [1.82, 2.24) is 15.0 Å². The third-order valence-corrected chi connectivity index (χ3v) is 3.90. The average molecular weight is 411 g/mol. The number of hydrogen-bond donors (Lipinski definition) is 1. The standard InChI is InChI=1S/C15H12ClIN4/c16-14-8-11(17)6-7-15(14)18-9-12-10-19-21(20-12)13-4-2-1-3-5-13/h1-8,10,18H,9H2. The maximum atomic E-state index is 6.19. The molecule has 4 nitrogen and oxygen atoms in total. The summed E-state index contributed by atoms with van der Waals surface area (Å²) in [4.78, 5) is 1.62. The molecule has 6 heteroatoms. The quantitative estimate of drug-likeness (QED) is 0.658. The van der Waals surface area contributed by atoms with Gasteiger partial charge in [0.25, 0.3) is 0 Å². The molecule has 1 heterocycles. The lowest BCUT2D eigenvalue weighted by Crippen LogP contribution is -2.03. The highest BCUT2D eigenvalue weighted by atomic mass is 127. The van der Waals surface area contributed by atoms with Crippen LogP contribution >= 0.6 is 34.2 Å². The van der Waals surface area contributed by atoms with Crippen molar-refractivity contribution in [3.63, 3.8) is 0 Å². The summed E-state index contributed by atoms with van der Waals surface area (Å²) < 4.78 is 1.11. The molecule has 21 heavy (non-hydrogen) atoms. The lowest BCUT2D eigenvalue weighted by atomic mass is 10.3. The predicted octanol–water partition coefficient (Wildman–Crippen LogP) is 4.14. The fraction of sp³-hybridized carbons (Fsp3) is 0.0667. The Balaban J connectivity index is 1.70. The van der Waals surface area contributed by atoms with Gasteiger partial charge in [-0.05, 0) is 52.9 Å². The van der Waals surface area contributed by atoms with Crippen LogP contribution in [-0.2, 0) is 6.54 Å². The van der Waals surface area contributed by atoms with Crippen LogP contribution in [0.1, 0.15) is 5.69 Å². The van der Waals surface area contributed by atoms with Gasteiger partial charge in [-0.3, -0.25) is 0 Å². The fourth-order valence-electron chi connectivity index (χ4n) is 1.88. The molecule has 0 amide bonds. The molecule has 0 bridgehead atoms. The predicted molar refractivity (Wildman–Crippen MR) is 92.9 cm³/mol. The lowest BCUT2D eigenvalue weighted by molar-refractivity contribution is 0.740. The first-order valence-electron chi connectivity index (χ1n) is 6.38. The van der Waals surface area contributed by atoms with E-state index in [9.17, 15) is 0 Å². The molecule has 0 aliphatic heterocycles. The van der Waals surface area contributed by atoms with Crippen molar-refractivity contribution in [1.29, 1.82) is 0 Å². The minimum atomic E-state index is 0.577. The summed E-state index contributed by atoms with van der Waals surface area (Å²) in [7, 11) is 0. The van der Waals surface area contributed by atoms with E-state index >= 15 is 0 Å². The van der Waals surface area contributed by atoms with Crippen molar-refractivity contribution < 1.29 is 0 Å². The molecule has 3 aromatic rings. The molecule has 0 radical (unpaired) electrons. The van der Waals surface area contributed by atoms with E-state index < -0.39 is 0 Å². The molecule has 0 aliphatic carbocycles. The SMILES string of the molecule is Clc1cc(I)ccc1NCc1cnn(-c2ccccc2)n1. The van der Waals surface area contributed by atoms with Gasteiger partial charge in [0.2, 0.25) is 0 Å². The number of anilines is 1. The molecule has 3 rings (SSSR count). The zero-order valence-corrected chi connectivity index (χ0v) is 13.9. The van der Waals surface area contributed by atoms with Gasteiger partial charge in [-0.2, -0.15) is 15.0 Å². The fourth-order valence-corrected chi connectivity index (χ4v) is 2.80. The highest BCUT2D eigenvalue weighted by Crippen LogP contribution is 2.24. The molecule has 0 spiro atoms. The third kappa shape index (κ3) is 3.54. The Kier molecular flexibility index (Phi) is 4.40. The molecular formula is C15H12ClIN4. The zero-order chi connectivity index (χ0) is 14.7. The van der Waals surface area contributed by atoms with Crippen LogP contribution in [0.25, 0.3) is 5.69 Å². The summed E-state index contributed by atoms with van der Waals surface area (Å²) in [6.07, 6.45) is 1.75. The van der Waals surface area contributed by atoms with Crippen molar-refractivity contribution in [3.05, 3.63) is 69.0 Å². The van der Waals surface area contributed by atoms with Gasteiger partial charge in [-0.25, -0.2) is 0 Å². The van der Waals surface area contributed by atoms with E-state index in [1.807, 2.05) is 48.5 Å². The van der Waals surface area contributed by atoms with E-state index in [2.05, 4.69) is 38.1 Å². The van der Waals surface area contributed by atoms with E-state index in [1.165, 1.54) is 0 Å². The summed E-state index contributed by atoms with van der Waals surface area (Å²) in [6.45, 7) is 0.577. The summed E-state index contributed by atoms with van der Waals surface area (Å²) in [5.41, 5.74) is 2.69. The average Bonchev–Trinajstić information content (AvgIpc) is 2.96. The topological polar surface area (TPSA) is 42.7 Å². The molecular weight excluding hydrogens is 399 g/mol. The van der Waals surface area contributed by atoms with Gasteiger partial charge in [-0.1, -0.05) is 29.8 Å². The van der Waals surface area contributed by atoms with Crippen LogP contribution in [0.3, 0.4) is 0 Å². The number of para-hydroxylation sites is 1. The Morgan fingerprint density at radius 1 is 1.14 bits per heavy atom. The summed E-state index contributed by atoms with van der Waals surface area (Å²) in [6, 6.07) is 15.7. The Hall–Kier alpha value is -1.60. The molecule has 0 unspecified atom stereocenters. The minimum Gasteiger partial charge on any atom is -0.378 e. The van der Waals surface area contributed by atoms with Gasteiger partial charge < -0.3 is 5.32 Å². The summed E-state index contributed by atoms with van der Waals surface area (Å²) in [5, 5.41) is 12.7. The van der Waals surface area contributed by atoms with Gasteiger partial charge >= 0.3 is 0 Å². The van der Waals surface area contributed by atoms with Crippen molar-refractivity contribution in [3.8, 4) is 5.69 Å². The smallest absolute Gasteiger partial charge is 0.102 e. The van der Waals surface area contributed by atoms with Crippen LogP contribution in [0.5, 0.6) is 0 Å². The molecule has 1 aromatic heterocycles. The number of nitrogens with one attached hydrogen (secondary N) is 1. The number of halogens is 2. The highest BCUT2D eigenvalue weighted by Gasteiger charge is 2.04. The first-order valence-corrected chi connectivity index (χ1v) is 7.83. The van der Waals surface area contributed by atoms with Crippen LogP contribution in [-0.4, -0.2) is 15.0 Å². The van der Waals surface area contributed by atoms with Crippen molar-refractivity contribution in [2.45, 2.75) is 6.54 Å². The second-order valence-electron chi connectivity index (χ2n) is 4.44. The highest BCUT2D eigenvalue weighted by molar-refractivity contribution is 14.1. The van der Waals surface area contributed by atoms with E-state index in [1.54, 1.807) is 11.0 Å².